The summed E-state index contributed by atoms with van der Waals surface area (Å²) in [6.07, 6.45) is 3.61. The van der Waals surface area contributed by atoms with Crippen molar-refractivity contribution in [2.24, 2.45) is 5.73 Å². The molecular weight excluding hydrogens is 298 g/mol. The molecule has 0 spiro atoms. The van der Waals surface area contributed by atoms with Crippen molar-refractivity contribution in [3.05, 3.63) is 82.9 Å². The van der Waals surface area contributed by atoms with Crippen LogP contribution >= 0.6 is 0 Å². The van der Waals surface area contributed by atoms with Crippen molar-refractivity contribution in [1.29, 1.82) is 0 Å². The summed E-state index contributed by atoms with van der Waals surface area (Å²) in [6.45, 7) is 5.33. The number of nitrogens with zero attached hydrogens (tertiary/aromatic N) is 1. The fourth-order valence-corrected chi connectivity index (χ4v) is 3.00. The molecule has 1 unspecified atom stereocenters. The van der Waals surface area contributed by atoms with E-state index in [-0.39, 0.29) is 5.92 Å². The van der Waals surface area contributed by atoms with Crippen LogP contribution in [0.25, 0.3) is 0 Å². The third-order valence-electron chi connectivity index (χ3n) is 4.37. The first-order valence-corrected chi connectivity index (χ1v) is 8.18. The molecule has 2 aromatic carbocycles. The van der Waals surface area contributed by atoms with Crippen molar-refractivity contribution in [3.8, 4) is 5.75 Å². The molecule has 24 heavy (non-hydrogen) atoms. The number of ether oxygens (including phenoxy) is 1. The zero-order valence-corrected chi connectivity index (χ0v) is 14.1. The minimum atomic E-state index is 0.0915. The first-order valence-electron chi connectivity index (χ1n) is 8.18. The predicted octanol–water partition coefficient (Wildman–Crippen LogP) is 3.54. The molecule has 4 heteroatoms. The van der Waals surface area contributed by atoms with Crippen LogP contribution in [0.2, 0.25) is 0 Å². The molecule has 0 saturated carbocycles. The Bertz CT molecular complexity index is 796. The Morgan fingerprint density at radius 2 is 2.00 bits per heavy atom. The summed E-state index contributed by atoms with van der Waals surface area (Å²) in [5.74, 6) is 0.932. The number of aromatic amines is 1. The first-order chi connectivity index (χ1) is 11.7. The van der Waals surface area contributed by atoms with E-state index in [1.807, 2.05) is 18.3 Å². The molecule has 4 nitrogen and oxygen atoms in total. The third kappa shape index (κ3) is 3.34. The lowest BCUT2D eigenvalue weighted by atomic mass is 9.85. The van der Waals surface area contributed by atoms with Gasteiger partial charge in [0, 0.05) is 18.4 Å². The smallest absolute Gasteiger partial charge is 0.119 e. The van der Waals surface area contributed by atoms with Crippen molar-refractivity contribution in [2.75, 3.05) is 13.2 Å². The lowest BCUT2D eigenvalue weighted by Gasteiger charge is -2.20. The van der Waals surface area contributed by atoms with Gasteiger partial charge in [0.2, 0.25) is 0 Å². The molecule has 0 aliphatic heterocycles. The van der Waals surface area contributed by atoms with Gasteiger partial charge in [0.15, 0.2) is 0 Å². The van der Waals surface area contributed by atoms with Gasteiger partial charge in [-0.2, -0.15) is 0 Å². The van der Waals surface area contributed by atoms with E-state index in [0.717, 1.165) is 11.4 Å². The molecule has 0 radical (unpaired) electrons. The Kier molecular flexibility index (Phi) is 4.96. The fraction of sp³-hybridized carbons (Fsp3) is 0.250. The minimum Gasteiger partial charge on any atom is -0.492 e. The van der Waals surface area contributed by atoms with E-state index in [1.165, 1.54) is 22.3 Å². The standard InChI is InChI=1S/C20H23N3O/c1-14-5-3-8-18(15(14)2)20(19-12-22-13-23-19)16-6-4-7-17(11-16)24-10-9-21/h3-8,11-13,20H,9-10,21H2,1-2H3,(H,22,23). The van der Waals surface area contributed by atoms with Crippen LogP contribution in [0.4, 0.5) is 0 Å². The summed E-state index contributed by atoms with van der Waals surface area (Å²) in [5.41, 5.74) is 11.6. The topological polar surface area (TPSA) is 63.9 Å². The molecule has 0 aliphatic rings. The summed E-state index contributed by atoms with van der Waals surface area (Å²) in [5, 5.41) is 0. The maximum atomic E-state index is 5.70. The summed E-state index contributed by atoms with van der Waals surface area (Å²) in [4.78, 5) is 7.49. The number of aromatic nitrogens is 2. The Balaban J connectivity index is 2.08. The monoisotopic (exact) mass is 321 g/mol. The van der Waals surface area contributed by atoms with E-state index in [9.17, 15) is 0 Å². The largest absolute Gasteiger partial charge is 0.492 e. The Hall–Kier alpha value is -2.59. The highest BCUT2D eigenvalue weighted by Gasteiger charge is 2.21. The number of hydrogen-bond acceptors (Lipinski definition) is 3. The van der Waals surface area contributed by atoms with Crippen molar-refractivity contribution in [1.82, 2.24) is 9.97 Å². The van der Waals surface area contributed by atoms with E-state index in [2.05, 4.69) is 54.1 Å². The summed E-state index contributed by atoms with van der Waals surface area (Å²) in [6, 6.07) is 14.6. The van der Waals surface area contributed by atoms with E-state index < -0.39 is 0 Å². The zero-order valence-electron chi connectivity index (χ0n) is 14.1. The third-order valence-corrected chi connectivity index (χ3v) is 4.37. The maximum Gasteiger partial charge on any atom is 0.119 e. The highest BCUT2D eigenvalue weighted by molar-refractivity contribution is 5.47. The second-order valence-corrected chi connectivity index (χ2v) is 5.94. The van der Waals surface area contributed by atoms with Gasteiger partial charge in [0.25, 0.3) is 0 Å². The van der Waals surface area contributed by atoms with Crippen molar-refractivity contribution < 1.29 is 4.74 Å². The van der Waals surface area contributed by atoms with Gasteiger partial charge >= 0.3 is 0 Å². The van der Waals surface area contributed by atoms with Crippen molar-refractivity contribution in [3.63, 3.8) is 0 Å². The van der Waals surface area contributed by atoms with Crippen molar-refractivity contribution >= 4 is 0 Å². The first kappa shape index (κ1) is 16.3. The van der Waals surface area contributed by atoms with Crippen LogP contribution in [0.1, 0.15) is 33.9 Å². The second-order valence-electron chi connectivity index (χ2n) is 5.94. The molecule has 1 atom stereocenters. The van der Waals surface area contributed by atoms with Crippen LogP contribution in [0.15, 0.2) is 55.0 Å². The number of hydrogen-bond donors (Lipinski definition) is 2. The normalized spacial score (nSPS) is 12.1. The van der Waals surface area contributed by atoms with Crippen LogP contribution in [-0.4, -0.2) is 23.1 Å². The van der Waals surface area contributed by atoms with E-state index in [1.54, 1.807) is 6.33 Å². The maximum absolute atomic E-state index is 5.70. The Morgan fingerprint density at radius 3 is 2.75 bits per heavy atom. The highest BCUT2D eigenvalue weighted by atomic mass is 16.5. The minimum absolute atomic E-state index is 0.0915. The van der Waals surface area contributed by atoms with E-state index >= 15 is 0 Å². The van der Waals surface area contributed by atoms with Crippen LogP contribution in [0.5, 0.6) is 5.75 Å². The van der Waals surface area contributed by atoms with Gasteiger partial charge in [-0.15, -0.1) is 0 Å². The Labute approximate surface area is 142 Å². The molecule has 0 fully saturated rings. The average Bonchev–Trinajstić information content (AvgIpc) is 3.12. The van der Waals surface area contributed by atoms with Gasteiger partial charge in [0.1, 0.15) is 12.4 Å². The zero-order chi connectivity index (χ0) is 16.9. The average molecular weight is 321 g/mol. The van der Waals surface area contributed by atoms with Crippen LogP contribution in [0, 0.1) is 13.8 Å². The fourth-order valence-electron chi connectivity index (χ4n) is 3.00. The highest BCUT2D eigenvalue weighted by Crippen LogP contribution is 2.34. The van der Waals surface area contributed by atoms with Crippen molar-refractivity contribution in [2.45, 2.75) is 19.8 Å². The molecule has 0 bridgehead atoms. The van der Waals surface area contributed by atoms with Gasteiger partial charge in [-0.25, -0.2) is 4.98 Å². The quantitative estimate of drug-likeness (QED) is 0.730. The molecule has 0 amide bonds. The lowest BCUT2D eigenvalue weighted by Crippen LogP contribution is -2.11. The van der Waals surface area contributed by atoms with Crippen LogP contribution < -0.4 is 10.5 Å². The summed E-state index contributed by atoms with van der Waals surface area (Å²) >= 11 is 0. The number of nitrogens with one attached hydrogen (secondary N) is 1. The SMILES string of the molecule is Cc1cccc(C(c2cccc(OCCN)c2)c2cnc[nH]2)c1C. The molecule has 1 aromatic heterocycles. The lowest BCUT2D eigenvalue weighted by molar-refractivity contribution is 0.328. The number of benzene rings is 2. The number of rotatable bonds is 6. The molecule has 3 rings (SSSR count). The van der Waals surface area contributed by atoms with Gasteiger partial charge < -0.3 is 15.5 Å². The number of H-pyrrole nitrogens is 1. The van der Waals surface area contributed by atoms with Gasteiger partial charge in [-0.05, 0) is 48.2 Å². The molecule has 3 aromatic rings. The number of aryl methyl sites for hydroxylation is 1. The van der Waals surface area contributed by atoms with Crippen LogP contribution in [-0.2, 0) is 0 Å². The molecule has 0 saturated heterocycles. The van der Waals surface area contributed by atoms with E-state index in [4.69, 9.17) is 10.5 Å². The van der Waals surface area contributed by atoms with Gasteiger partial charge in [-0.3, -0.25) is 0 Å². The molecule has 1 heterocycles. The second kappa shape index (κ2) is 7.32. The molecule has 0 aliphatic carbocycles. The predicted molar refractivity (Wildman–Crippen MR) is 96.4 cm³/mol. The molecular formula is C20H23N3O. The van der Waals surface area contributed by atoms with Crippen LogP contribution in [0.3, 0.4) is 0 Å². The van der Waals surface area contributed by atoms with Gasteiger partial charge in [-0.1, -0.05) is 30.3 Å². The summed E-state index contributed by atoms with van der Waals surface area (Å²) < 4.78 is 5.70. The number of nitrogens with two attached hydrogens (primary N) is 1. The number of imidazole rings is 1. The Morgan fingerprint density at radius 1 is 1.17 bits per heavy atom. The summed E-state index contributed by atoms with van der Waals surface area (Å²) in [7, 11) is 0. The van der Waals surface area contributed by atoms with Gasteiger partial charge in [0.05, 0.1) is 12.2 Å². The van der Waals surface area contributed by atoms with E-state index in [0.29, 0.717) is 13.2 Å². The molecule has 3 N–H and O–H groups in total. The molecule has 124 valence electrons.